The summed E-state index contributed by atoms with van der Waals surface area (Å²) in [6, 6.07) is 18.6. The zero-order valence-corrected chi connectivity index (χ0v) is 13.7. The second kappa shape index (κ2) is 7.00. The summed E-state index contributed by atoms with van der Waals surface area (Å²) in [5.74, 6) is 0.104. The van der Waals surface area contributed by atoms with E-state index in [0.29, 0.717) is 17.7 Å². The molecular formula is C19H18N4O2. The van der Waals surface area contributed by atoms with Crippen molar-refractivity contribution in [3.05, 3.63) is 76.3 Å². The van der Waals surface area contributed by atoms with E-state index in [1.807, 2.05) is 49.4 Å². The van der Waals surface area contributed by atoms with E-state index in [1.54, 1.807) is 12.1 Å². The fourth-order valence-electron chi connectivity index (χ4n) is 2.77. The number of nitro groups is 1. The van der Waals surface area contributed by atoms with Crippen LogP contribution in [0, 0.1) is 15.5 Å². The smallest absolute Gasteiger partial charge is 0.272 e. The Morgan fingerprint density at radius 3 is 2.60 bits per heavy atom. The van der Waals surface area contributed by atoms with Gasteiger partial charge in [0.05, 0.1) is 4.92 Å². The molecule has 3 aromatic rings. The Bertz CT molecular complexity index is 948. The lowest BCUT2D eigenvalue weighted by Gasteiger charge is -2.13. The number of aryl methyl sites for hydroxylation is 1. The van der Waals surface area contributed by atoms with Gasteiger partial charge in [-0.05, 0) is 30.0 Å². The molecule has 3 aromatic carbocycles. The third-order valence-electron chi connectivity index (χ3n) is 3.98. The van der Waals surface area contributed by atoms with E-state index >= 15 is 0 Å². The van der Waals surface area contributed by atoms with Crippen molar-refractivity contribution in [3.63, 3.8) is 0 Å². The van der Waals surface area contributed by atoms with E-state index < -0.39 is 0 Å². The third-order valence-corrected chi connectivity index (χ3v) is 3.98. The molecule has 25 heavy (non-hydrogen) atoms. The van der Waals surface area contributed by atoms with E-state index in [0.717, 1.165) is 16.5 Å². The fraction of sp³-hybridized carbons (Fsp3) is 0.105. The van der Waals surface area contributed by atoms with Crippen molar-refractivity contribution in [2.75, 3.05) is 10.6 Å². The summed E-state index contributed by atoms with van der Waals surface area (Å²) in [5.41, 5.74) is 2.20. The van der Waals surface area contributed by atoms with Crippen molar-refractivity contribution in [2.45, 2.75) is 13.3 Å². The Morgan fingerprint density at radius 1 is 1.08 bits per heavy atom. The van der Waals surface area contributed by atoms with E-state index in [1.165, 1.54) is 6.07 Å². The minimum atomic E-state index is -0.387. The molecule has 0 spiro atoms. The molecule has 0 aliphatic carbocycles. The van der Waals surface area contributed by atoms with Gasteiger partial charge in [0.25, 0.3) is 5.69 Å². The number of benzene rings is 3. The molecule has 0 fully saturated rings. The molecule has 6 nitrogen and oxygen atoms in total. The van der Waals surface area contributed by atoms with Crippen LogP contribution >= 0.6 is 0 Å². The molecule has 3 N–H and O–H groups in total. The number of nitrogens with one attached hydrogen (secondary N) is 3. The van der Waals surface area contributed by atoms with Gasteiger partial charge in [-0.15, -0.1) is 0 Å². The van der Waals surface area contributed by atoms with E-state index in [2.05, 4.69) is 10.6 Å². The van der Waals surface area contributed by atoms with Crippen LogP contribution in [0.3, 0.4) is 0 Å². The second-order valence-corrected chi connectivity index (χ2v) is 5.61. The molecular weight excluding hydrogens is 316 g/mol. The SMILES string of the molecule is CCc1cc(NC(=N)Nc2cccc3ccccc23)ccc1[N+](=O)[O-]. The minimum absolute atomic E-state index is 0.0987. The number of hydrogen-bond acceptors (Lipinski definition) is 3. The van der Waals surface area contributed by atoms with Gasteiger partial charge in [0, 0.05) is 28.4 Å². The molecule has 6 heteroatoms. The first-order valence-corrected chi connectivity index (χ1v) is 7.96. The van der Waals surface area contributed by atoms with Crippen LogP contribution in [0.2, 0.25) is 0 Å². The van der Waals surface area contributed by atoms with Crippen LogP contribution in [0.25, 0.3) is 10.8 Å². The Kier molecular flexibility index (Phi) is 4.61. The van der Waals surface area contributed by atoms with Gasteiger partial charge in [-0.2, -0.15) is 0 Å². The zero-order valence-electron chi connectivity index (χ0n) is 13.7. The number of nitrogens with zero attached hydrogens (tertiary/aromatic N) is 1. The van der Waals surface area contributed by atoms with Crippen molar-refractivity contribution in [1.29, 1.82) is 5.41 Å². The maximum Gasteiger partial charge on any atom is 0.272 e. The van der Waals surface area contributed by atoms with Gasteiger partial charge in [-0.25, -0.2) is 0 Å². The van der Waals surface area contributed by atoms with E-state index in [-0.39, 0.29) is 16.6 Å². The van der Waals surface area contributed by atoms with Gasteiger partial charge in [0.15, 0.2) is 5.96 Å². The topological polar surface area (TPSA) is 91.1 Å². The average Bonchev–Trinajstić information content (AvgIpc) is 2.61. The Hall–Kier alpha value is -3.41. The molecule has 0 bridgehead atoms. The lowest BCUT2D eigenvalue weighted by Crippen LogP contribution is -2.20. The predicted octanol–water partition coefficient (Wildman–Crippen LogP) is 4.77. The van der Waals surface area contributed by atoms with Crippen LogP contribution in [-0.2, 0) is 6.42 Å². The monoisotopic (exact) mass is 334 g/mol. The summed E-state index contributed by atoms with van der Waals surface area (Å²) >= 11 is 0. The Balaban J connectivity index is 1.79. The second-order valence-electron chi connectivity index (χ2n) is 5.61. The highest BCUT2D eigenvalue weighted by atomic mass is 16.6. The Morgan fingerprint density at radius 2 is 1.84 bits per heavy atom. The first-order chi connectivity index (χ1) is 12.1. The summed E-state index contributed by atoms with van der Waals surface area (Å²) in [6.45, 7) is 1.87. The highest BCUT2D eigenvalue weighted by Gasteiger charge is 2.13. The zero-order chi connectivity index (χ0) is 17.8. The number of hydrogen-bond donors (Lipinski definition) is 3. The summed E-state index contributed by atoms with van der Waals surface area (Å²) in [6.07, 6.45) is 0.552. The molecule has 0 unspecified atom stereocenters. The van der Waals surface area contributed by atoms with Gasteiger partial charge in [0.2, 0.25) is 0 Å². The predicted molar refractivity (Wildman–Crippen MR) is 101 cm³/mol. The van der Waals surface area contributed by atoms with Crippen molar-refractivity contribution in [1.82, 2.24) is 0 Å². The molecule has 0 saturated heterocycles. The average molecular weight is 334 g/mol. The quantitative estimate of drug-likeness (QED) is 0.277. The standard InChI is InChI=1S/C19H18N4O2/c1-2-13-12-15(10-11-18(13)23(24)25)21-19(20)22-17-9-5-7-14-6-3-4-8-16(14)17/h3-12H,2H2,1H3,(H3,20,21,22). The minimum Gasteiger partial charge on any atom is -0.326 e. The van der Waals surface area contributed by atoms with Crippen molar-refractivity contribution >= 4 is 33.8 Å². The van der Waals surface area contributed by atoms with Crippen LogP contribution in [0.1, 0.15) is 12.5 Å². The summed E-state index contributed by atoms with van der Waals surface area (Å²) in [4.78, 5) is 10.6. The highest BCUT2D eigenvalue weighted by molar-refractivity contribution is 6.07. The van der Waals surface area contributed by atoms with Crippen LogP contribution in [0.15, 0.2) is 60.7 Å². The van der Waals surface area contributed by atoms with Crippen LogP contribution in [0.5, 0.6) is 0 Å². The van der Waals surface area contributed by atoms with Crippen molar-refractivity contribution in [3.8, 4) is 0 Å². The first kappa shape index (κ1) is 16.4. The third kappa shape index (κ3) is 3.58. The molecule has 0 radical (unpaired) electrons. The molecule has 126 valence electrons. The number of anilines is 2. The van der Waals surface area contributed by atoms with Crippen molar-refractivity contribution < 1.29 is 4.92 Å². The maximum absolute atomic E-state index is 11.0. The lowest BCUT2D eigenvalue weighted by molar-refractivity contribution is -0.385. The van der Waals surface area contributed by atoms with Crippen molar-refractivity contribution in [2.24, 2.45) is 0 Å². The number of fused-ring (bicyclic) bond motifs is 1. The van der Waals surface area contributed by atoms with E-state index in [4.69, 9.17) is 5.41 Å². The molecule has 0 aliphatic rings. The summed E-state index contributed by atoms with van der Waals surface area (Å²) in [7, 11) is 0. The molecule has 0 amide bonds. The molecule has 0 atom stereocenters. The maximum atomic E-state index is 11.0. The summed E-state index contributed by atoms with van der Waals surface area (Å²) < 4.78 is 0. The lowest BCUT2D eigenvalue weighted by atomic mass is 10.1. The molecule has 0 aromatic heterocycles. The van der Waals surface area contributed by atoms with E-state index in [9.17, 15) is 10.1 Å². The largest absolute Gasteiger partial charge is 0.326 e. The normalized spacial score (nSPS) is 10.4. The molecule has 0 saturated carbocycles. The van der Waals surface area contributed by atoms with Gasteiger partial charge < -0.3 is 10.6 Å². The molecule has 0 heterocycles. The highest BCUT2D eigenvalue weighted by Crippen LogP contribution is 2.25. The Labute approximate surface area is 145 Å². The molecule has 3 rings (SSSR count). The fourth-order valence-corrected chi connectivity index (χ4v) is 2.77. The molecule has 0 aliphatic heterocycles. The number of guanidine groups is 1. The van der Waals surface area contributed by atoms with Crippen LogP contribution in [0.4, 0.5) is 17.1 Å². The van der Waals surface area contributed by atoms with Gasteiger partial charge in [0.1, 0.15) is 0 Å². The first-order valence-electron chi connectivity index (χ1n) is 7.96. The van der Waals surface area contributed by atoms with Gasteiger partial charge in [-0.3, -0.25) is 15.5 Å². The van der Waals surface area contributed by atoms with Gasteiger partial charge >= 0.3 is 0 Å². The van der Waals surface area contributed by atoms with Gasteiger partial charge in [-0.1, -0.05) is 43.3 Å². The number of rotatable bonds is 4. The van der Waals surface area contributed by atoms with Crippen LogP contribution in [-0.4, -0.2) is 10.9 Å². The number of nitro benzene ring substituents is 1. The summed E-state index contributed by atoms with van der Waals surface area (Å²) in [5, 5.41) is 27.3. The van der Waals surface area contributed by atoms with Crippen LogP contribution < -0.4 is 10.6 Å².